The molecule has 140 valence electrons. The van der Waals surface area contributed by atoms with Crippen LogP contribution in [0.4, 0.5) is 5.82 Å². The number of fused-ring (bicyclic) bond motifs is 1. The zero-order valence-corrected chi connectivity index (χ0v) is 16.2. The second-order valence-corrected chi connectivity index (χ2v) is 7.84. The molecule has 0 aliphatic carbocycles. The SMILES string of the molecule is CCc1cc2c(N3CCN(C(C(N)=O)c4ccccc4)CC3)ncnc2s1. The Bertz CT molecular complexity index is 934. The van der Waals surface area contributed by atoms with Crippen LogP contribution in [0.25, 0.3) is 10.2 Å². The second-order valence-electron chi connectivity index (χ2n) is 6.72. The van der Waals surface area contributed by atoms with Crippen molar-refractivity contribution in [3.63, 3.8) is 0 Å². The molecular weight excluding hydrogens is 358 g/mol. The maximum atomic E-state index is 12.1. The highest BCUT2D eigenvalue weighted by molar-refractivity contribution is 7.18. The largest absolute Gasteiger partial charge is 0.368 e. The summed E-state index contributed by atoms with van der Waals surface area (Å²) in [6, 6.07) is 11.6. The Morgan fingerprint density at radius 2 is 1.93 bits per heavy atom. The van der Waals surface area contributed by atoms with Gasteiger partial charge in [0.05, 0.1) is 5.39 Å². The highest BCUT2D eigenvalue weighted by Crippen LogP contribution is 2.31. The third kappa shape index (κ3) is 3.52. The minimum Gasteiger partial charge on any atom is -0.368 e. The molecule has 0 radical (unpaired) electrons. The van der Waals surface area contributed by atoms with E-state index in [1.807, 2.05) is 30.3 Å². The van der Waals surface area contributed by atoms with Gasteiger partial charge < -0.3 is 10.6 Å². The van der Waals surface area contributed by atoms with Crippen molar-refractivity contribution in [1.82, 2.24) is 14.9 Å². The summed E-state index contributed by atoms with van der Waals surface area (Å²) >= 11 is 1.73. The topological polar surface area (TPSA) is 75.3 Å². The number of benzene rings is 1. The highest BCUT2D eigenvalue weighted by atomic mass is 32.1. The minimum atomic E-state index is -0.383. The van der Waals surface area contributed by atoms with Crippen molar-refractivity contribution in [2.45, 2.75) is 19.4 Å². The van der Waals surface area contributed by atoms with Gasteiger partial charge in [0, 0.05) is 31.1 Å². The van der Waals surface area contributed by atoms with Gasteiger partial charge >= 0.3 is 0 Å². The summed E-state index contributed by atoms with van der Waals surface area (Å²) < 4.78 is 0. The van der Waals surface area contributed by atoms with E-state index in [9.17, 15) is 4.79 Å². The fraction of sp³-hybridized carbons (Fsp3) is 0.350. The van der Waals surface area contributed by atoms with Gasteiger partial charge in [0.2, 0.25) is 5.91 Å². The van der Waals surface area contributed by atoms with Crippen LogP contribution in [0.2, 0.25) is 0 Å². The van der Waals surface area contributed by atoms with Crippen LogP contribution in [0.3, 0.4) is 0 Å². The molecule has 1 atom stereocenters. The average Bonchev–Trinajstić information content (AvgIpc) is 3.13. The predicted molar refractivity (Wildman–Crippen MR) is 109 cm³/mol. The summed E-state index contributed by atoms with van der Waals surface area (Å²) in [6.07, 6.45) is 2.65. The molecule has 7 heteroatoms. The van der Waals surface area contributed by atoms with Gasteiger partial charge in [-0.2, -0.15) is 0 Å². The number of nitrogens with two attached hydrogens (primary N) is 1. The number of aryl methyl sites for hydroxylation is 1. The van der Waals surface area contributed by atoms with Crippen LogP contribution < -0.4 is 10.6 Å². The molecule has 0 bridgehead atoms. The number of hydrogen-bond acceptors (Lipinski definition) is 6. The lowest BCUT2D eigenvalue weighted by molar-refractivity contribution is -0.123. The molecule has 1 saturated heterocycles. The molecule has 27 heavy (non-hydrogen) atoms. The number of amides is 1. The molecular formula is C20H23N5OS. The van der Waals surface area contributed by atoms with Gasteiger partial charge in [-0.15, -0.1) is 11.3 Å². The molecule has 1 aliphatic rings. The number of carbonyl (C=O) groups excluding carboxylic acids is 1. The average molecular weight is 382 g/mol. The molecule has 1 aromatic carbocycles. The molecule has 1 fully saturated rings. The van der Waals surface area contributed by atoms with E-state index in [4.69, 9.17) is 5.73 Å². The van der Waals surface area contributed by atoms with Crippen molar-refractivity contribution in [3.05, 3.63) is 53.2 Å². The maximum absolute atomic E-state index is 12.1. The molecule has 3 aromatic rings. The molecule has 0 spiro atoms. The zero-order valence-electron chi connectivity index (χ0n) is 15.3. The zero-order chi connectivity index (χ0) is 18.8. The number of nitrogens with zero attached hydrogens (tertiary/aromatic N) is 4. The van der Waals surface area contributed by atoms with Crippen LogP contribution in [0.15, 0.2) is 42.7 Å². The fourth-order valence-electron chi connectivity index (χ4n) is 3.70. The Labute approximate surface area is 162 Å². The van der Waals surface area contributed by atoms with E-state index in [1.54, 1.807) is 17.7 Å². The monoisotopic (exact) mass is 381 g/mol. The van der Waals surface area contributed by atoms with Crippen molar-refractivity contribution in [1.29, 1.82) is 0 Å². The van der Waals surface area contributed by atoms with E-state index in [-0.39, 0.29) is 11.9 Å². The molecule has 4 rings (SSSR count). The molecule has 2 aromatic heterocycles. The van der Waals surface area contributed by atoms with E-state index in [0.29, 0.717) is 0 Å². The van der Waals surface area contributed by atoms with Crippen LogP contribution in [-0.2, 0) is 11.2 Å². The van der Waals surface area contributed by atoms with Crippen LogP contribution in [0, 0.1) is 0 Å². The van der Waals surface area contributed by atoms with E-state index >= 15 is 0 Å². The first-order chi connectivity index (χ1) is 13.2. The van der Waals surface area contributed by atoms with Crippen LogP contribution >= 0.6 is 11.3 Å². The summed E-state index contributed by atoms with van der Waals surface area (Å²) in [6.45, 7) is 5.29. The normalized spacial score (nSPS) is 16.6. The van der Waals surface area contributed by atoms with Gasteiger partial charge in [0.1, 0.15) is 23.0 Å². The fourth-order valence-corrected chi connectivity index (χ4v) is 4.63. The molecule has 0 saturated carbocycles. The van der Waals surface area contributed by atoms with E-state index in [2.05, 4.69) is 32.8 Å². The molecule has 1 amide bonds. The molecule has 2 N–H and O–H groups in total. The Hall–Kier alpha value is -2.51. The van der Waals surface area contributed by atoms with Crippen LogP contribution in [0.1, 0.15) is 23.4 Å². The van der Waals surface area contributed by atoms with Crippen molar-refractivity contribution >= 4 is 33.3 Å². The number of carbonyl (C=O) groups is 1. The number of rotatable bonds is 5. The van der Waals surface area contributed by atoms with Crippen molar-refractivity contribution in [2.24, 2.45) is 5.73 Å². The number of thiophene rings is 1. The van der Waals surface area contributed by atoms with Gasteiger partial charge in [0.25, 0.3) is 0 Å². The maximum Gasteiger partial charge on any atom is 0.239 e. The Morgan fingerprint density at radius 3 is 2.59 bits per heavy atom. The van der Waals surface area contributed by atoms with Gasteiger partial charge in [-0.05, 0) is 18.1 Å². The van der Waals surface area contributed by atoms with Crippen molar-refractivity contribution in [2.75, 3.05) is 31.1 Å². The summed E-state index contributed by atoms with van der Waals surface area (Å²) in [4.78, 5) is 27.9. The molecule has 3 heterocycles. The number of piperazine rings is 1. The van der Waals surface area contributed by atoms with Gasteiger partial charge in [0.15, 0.2) is 0 Å². The van der Waals surface area contributed by atoms with E-state index in [1.165, 1.54) is 4.88 Å². The summed E-state index contributed by atoms with van der Waals surface area (Å²) in [5, 5.41) is 1.13. The highest BCUT2D eigenvalue weighted by Gasteiger charge is 2.29. The smallest absolute Gasteiger partial charge is 0.239 e. The Balaban J connectivity index is 1.54. The Morgan fingerprint density at radius 1 is 1.19 bits per heavy atom. The summed E-state index contributed by atoms with van der Waals surface area (Å²) in [5.74, 6) is 0.690. The van der Waals surface area contributed by atoms with Gasteiger partial charge in [-0.1, -0.05) is 37.3 Å². The molecule has 6 nitrogen and oxygen atoms in total. The first-order valence-electron chi connectivity index (χ1n) is 9.24. The second kappa shape index (κ2) is 7.62. The lowest BCUT2D eigenvalue weighted by Crippen LogP contribution is -2.50. The van der Waals surface area contributed by atoms with Gasteiger partial charge in [-0.25, -0.2) is 9.97 Å². The Kier molecular flexibility index (Phi) is 5.05. The number of aromatic nitrogens is 2. The van der Waals surface area contributed by atoms with Crippen LogP contribution in [-0.4, -0.2) is 47.0 Å². The number of anilines is 1. The third-order valence-electron chi connectivity index (χ3n) is 5.07. The lowest BCUT2D eigenvalue weighted by atomic mass is 10.0. The van der Waals surface area contributed by atoms with Crippen LogP contribution in [0.5, 0.6) is 0 Å². The van der Waals surface area contributed by atoms with Crippen molar-refractivity contribution in [3.8, 4) is 0 Å². The number of primary amides is 1. The van der Waals surface area contributed by atoms with E-state index in [0.717, 1.165) is 54.2 Å². The van der Waals surface area contributed by atoms with E-state index < -0.39 is 0 Å². The third-order valence-corrected chi connectivity index (χ3v) is 6.26. The van der Waals surface area contributed by atoms with Gasteiger partial charge in [-0.3, -0.25) is 9.69 Å². The first kappa shape index (κ1) is 17.9. The van der Waals surface area contributed by atoms with Crippen molar-refractivity contribution < 1.29 is 4.79 Å². The molecule has 1 unspecified atom stereocenters. The summed E-state index contributed by atoms with van der Waals surface area (Å²) in [5.41, 5.74) is 6.68. The quantitative estimate of drug-likeness (QED) is 0.735. The predicted octanol–water partition coefficient (Wildman–Crippen LogP) is 2.60. The minimum absolute atomic E-state index is 0.301. The number of hydrogen-bond donors (Lipinski definition) is 1. The lowest BCUT2D eigenvalue weighted by Gasteiger charge is -2.38. The molecule has 1 aliphatic heterocycles. The standard InChI is InChI=1S/C20H23N5OS/c1-2-15-12-16-19(22-13-23-20(16)27-15)25-10-8-24(9-11-25)17(18(21)26)14-6-4-3-5-7-14/h3-7,12-13,17H,2,8-11H2,1H3,(H2,21,26). The summed E-state index contributed by atoms with van der Waals surface area (Å²) in [7, 11) is 0. The first-order valence-corrected chi connectivity index (χ1v) is 10.1.